The molecule has 0 aliphatic carbocycles. The van der Waals surface area contributed by atoms with Crippen molar-refractivity contribution in [3.05, 3.63) is 42.1 Å². The van der Waals surface area contributed by atoms with Crippen LogP contribution in [0, 0.1) is 18.0 Å². The van der Waals surface area contributed by atoms with Crippen LogP contribution >= 0.6 is 0 Å². The molecule has 1 heterocycles. The fourth-order valence-corrected chi connectivity index (χ4v) is 2.93. The van der Waals surface area contributed by atoms with Gasteiger partial charge in [0, 0.05) is 0 Å². The number of unbranched alkanes of at least 4 members (excludes halogenated alkanes) is 1. The van der Waals surface area contributed by atoms with E-state index in [-0.39, 0.29) is 0 Å². The first-order valence-corrected chi connectivity index (χ1v) is 7.82. The number of aliphatic imine (C=N–C) groups is 2. The SMILES string of the molecule is CCCCC([C+]1N=CC=N1)C(CC)Cc1ccccc1. The van der Waals surface area contributed by atoms with Gasteiger partial charge >= 0.3 is 0 Å². The Morgan fingerprint density at radius 3 is 2.35 bits per heavy atom. The summed E-state index contributed by atoms with van der Waals surface area (Å²) in [4.78, 5) is 8.94. The van der Waals surface area contributed by atoms with Crippen LogP contribution in [0.4, 0.5) is 0 Å². The third kappa shape index (κ3) is 3.96. The van der Waals surface area contributed by atoms with Crippen LogP contribution in [0.3, 0.4) is 0 Å². The van der Waals surface area contributed by atoms with Crippen LogP contribution in [0.5, 0.6) is 0 Å². The maximum absolute atomic E-state index is 4.47. The smallest absolute Gasteiger partial charge is 0.0965 e. The summed E-state index contributed by atoms with van der Waals surface area (Å²) in [6.45, 7) is 4.54. The second-order valence-corrected chi connectivity index (χ2v) is 5.52. The molecule has 0 saturated heterocycles. The molecule has 0 N–H and O–H groups in total. The van der Waals surface area contributed by atoms with Gasteiger partial charge in [0.1, 0.15) is 0 Å². The van der Waals surface area contributed by atoms with Gasteiger partial charge in [-0.3, -0.25) is 0 Å². The number of hydrogen-bond donors (Lipinski definition) is 0. The molecule has 1 aliphatic rings. The van der Waals surface area contributed by atoms with Crippen LogP contribution in [0.1, 0.15) is 45.1 Å². The summed E-state index contributed by atoms with van der Waals surface area (Å²) in [7, 11) is 0. The molecule has 1 aliphatic heterocycles. The molecule has 2 atom stereocenters. The van der Waals surface area contributed by atoms with Gasteiger partial charge in [-0.2, -0.15) is 0 Å². The van der Waals surface area contributed by atoms with E-state index in [1.807, 2.05) is 12.4 Å². The minimum atomic E-state index is 0.496. The standard InChI is InChI=1S/C18H25N2/c1-3-5-11-17(18-19-12-13-20-18)16(4-2)14-15-9-7-6-8-10-15/h6-10,12-13,16-17H,3-5,11,14H2,1-2H3/q+1. The van der Waals surface area contributed by atoms with Gasteiger partial charge in [-0.25, -0.2) is 0 Å². The van der Waals surface area contributed by atoms with Crippen molar-refractivity contribution in [2.45, 2.75) is 46.0 Å². The lowest BCUT2D eigenvalue weighted by molar-refractivity contribution is 0.303. The van der Waals surface area contributed by atoms with Crippen LogP contribution in [0.15, 0.2) is 40.3 Å². The first-order chi connectivity index (χ1) is 9.85. The van der Waals surface area contributed by atoms with Gasteiger partial charge in [-0.15, -0.1) is 0 Å². The molecule has 1 aromatic rings. The molecule has 0 amide bonds. The lowest BCUT2D eigenvalue weighted by Crippen LogP contribution is -2.21. The summed E-state index contributed by atoms with van der Waals surface area (Å²) in [5.41, 5.74) is 1.42. The van der Waals surface area contributed by atoms with Crippen LogP contribution in [-0.4, -0.2) is 12.4 Å². The molecule has 0 saturated carbocycles. The van der Waals surface area contributed by atoms with E-state index in [9.17, 15) is 0 Å². The molecule has 2 nitrogen and oxygen atoms in total. The molecule has 0 bridgehead atoms. The molecule has 0 radical (unpaired) electrons. The highest BCUT2D eigenvalue weighted by Crippen LogP contribution is 2.35. The predicted octanol–water partition coefficient (Wildman–Crippen LogP) is 4.71. The number of nitrogens with zero attached hydrogens (tertiary/aromatic N) is 2. The normalized spacial score (nSPS) is 16.6. The minimum Gasteiger partial charge on any atom is -0.0965 e. The summed E-state index contributed by atoms with van der Waals surface area (Å²) >= 11 is 0. The van der Waals surface area contributed by atoms with Crippen molar-refractivity contribution in [2.75, 3.05) is 0 Å². The summed E-state index contributed by atoms with van der Waals surface area (Å²) < 4.78 is 0. The summed E-state index contributed by atoms with van der Waals surface area (Å²) in [5.74, 6) is 1.13. The Morgan fingerprint density at radius 2 is 1.75 bits per heavy atom. The van der Waals surface area contributed by atoms with E-state index in [0.717, 1.165) is 12.6 Å². The summed E-state index contributed by atoms with van der Waals surface area (Å²) in [6, 6.07) is 10.8. The van der Waals surface area contributed by atoms with Crippen molar-refractivity contribution in [3.63, 3.8) is 0 Å². The maximum atomic E-state index is 4.47. The van der Waals surface area contributed by atoms with Crippen LogP contribution in [0.25, 0.3) is 0 Å². The third-order valence-corrected chi connectivity index (χ3v) is 4.11. The monoisotopic (exact) mass is 269 g/mol. The molecule has 2 heteroatoms. The molecule has 2 rings (SSSR count). The Bertz CT molecular complexity index is 424. The van der Waals surface area contributed by atoms with Crippen molar-refractivity contribution < 1.29 is 0 Å². The maximum Gasteiger partial charge on any atom is 0.244 e. The van der Waals surface area contributed by atoms with Crippen molar-refractivity contribution in [1.29, 1.82) is 0 Å². The zero-order chi connectivity index (χ0) is 14.2. The van der Waals surface area contributed by atoms with Gasteiger partial charge in [0.15, 0.2) is 12.4 Å². The van der Waals surface area contributed by atoms with E-state index in [4.69, 9.17) is 0 Å². The van der Waals surface area contributed by atoms with Gasteiger partial charge in [0.2, 0.25) is 6.17 Å². The zero-order valence-corrected chi connectivity index (χ0v) is 12.6. The quantitative estimate of drug-likeness (QED) is 0.611. The fourth-order valence-electron chi connectivity index (χ4n) is 2.93. The highest BCUT2D eigenvalue weighted by Gasteiger charge is 2.34. The van der Waals surface area contributed by atoms with Gasteiger partial charge in [-0.05, 0) is 24.3 Å². The average Bonchev–Trinajstić information content (AvgIpc) is 3.01. The van der Waals surface area contributed by atoms with E-state index in [1.165, 1.54) is 31.2 Å². The van der Waals surface area contributed by atoms with E-state index in [1.54, 1.807) is 0 Å². The molecule has 1 aromatic carbocycles. The van der Waals surface area contributed by atoms with Crippen molar-refractivity contribution in [1.82, 2.24) is 0 Å². The molecule has 106 valence electrons. The van der Waals surface area contributed by atoms with E-state index in [0.29, 0.717) is 11.8 Å². The Hall–Kier alpha value is -1.57. The first-order valence-electron chi connectivity index (χ1n) is 7.82. The fraction of sp³-hybridized carbons (Fsp3) is 0.500. The van der Waals surface area contributed by atoms with E-state index in [2.05, 4.69) is 54.2 Å². The molecule has 2 unspecified atom stereocenters. The second kappa shape index (κ2) is 7.88. The third-order valence-electron chi connectivity index (χ3n) is 4.11. The lowest BCUT2D eigenvalue weighted by Gasteiger charge is -2.24. The highest BCUT2D eigenvalue weighted by atomic mass is 15.0. The zero-order valence-electron chi connectivity index (χ0n) is 12.6. The summed E-state index contributed by atoms with van der Waals surface area (Å²) in [6.07, 6.45) is 10.7. The van der Waals surface area contributed by atoms with E-state index < -0.39 is 0 Å². The van der Waals surface area contributed by atoms with Crippen LogP contribution < -0.4 is 0 Å². The summed E-state index contributed by atoms with van der Waals surface area (Å²) in [5, 5.41) is 0. The average molecular weight is 269 g/mol. The molecular formula is C18H25N2+. The first kappa shape index (κ1) is 14.8. The number of hydrogen-bond acceptors (Lipinski definition) is 2. The largest absolute Gasteiger partial charge is 0.244 e. The van der Waals surface area contributed by atoms with Crippen molar-refractivity contribution in [3.8, 4) is 0 Å². The van der Waals surface area contributed by atoms with Gasteiger partial charge in [0.25, 0.3) is 0 Å². The second-order valence-electron chi connectivity index (χ2n) is 5.52. The van der Waals surface area contributed by atoms with E-state index >= 15 is 0 Å². The molecule has 0 aromatic heterocycles. The van der Waals surface area contributed by atoms with Gasteiger partial charge < -0.3 is 0 Å². The molecular weight excluding hydrogens is 244 g/mol. The Balaban J connectivity index is 2.07. The number of rotatable bonds is 8. The molecule has 0 fully saturated rings. The molecule has 0 spiro atoms. The molecule has 20 heavy (non-hydrogen) atoms. The lowest BCUT2D eigenvalue weighted by atomic mass is 9.80. The Labute approximate surface area is 123 Å². The van der Waals surface area contributed by atoms with Crippen LogP contribution in [0.2, 0.25) is 0 Å². The highest BCUT2D eigenvalue weighted by molar-refractivity contribution is 6.18. The van der Waals surface area contributed by atoms with Gasteiger partial charge in [0.05, 0.1) is 5.92 Å². The Morgan fingerprint density at radius 1 is 1.05 bits per heavy atom. The predicted molar refractivity (Wildman–Crippen MR) is 87.2 cm³/mol. The van der Waals surface area contributed by atoms with Crippen molar-refractivity contribution in [2.24, 2.45) is 21.8 Å². The van der Waals surface area contributed by atoms with Gasteiger partial charge in [-0.1, -0.05) is 73.4 Å². The topological polar surface area (TPSA) is 24.7 Å². The number of benzene rings is 1. The minimum absolute atomic E-state index is 0.496. The Kier molecular flexibility index (Phi) is 5.85. The van der Waals surface area contributed by atoms with Crippen LogP contribution in [-0.2, 0) is 6.42 Å². The van der Waals surface area contributed by atoms with Crippen molar-refractivity contribution >= 4 is 12.4 Å².